The van der Waals surface area contributed by atoms with Gasteiger partial charge >= 0.3 is 6.03 Å². The van der Waals surface area contributed by atoms with Crippen molar-refractivity contribution >= 4 is 29.2 Å². The molecule has 2 aliphatic heterocycles. The molecule has 4 rings (SSSR count). The Morgan fingerprint density at radius 2 is 1.69 bits per heavy atom. The minimum atomic E-state index is -0.253. The molecule has 2 fully saturated rings. The molecule has 0 saturated carbocycles. The highest BCUT2D eigenvalue weighted by atomic mass is 16.2. The number of para-hydroxylation sites is 1. The number of piperidine rings is 1. The van der Waals surface area contributed by atoms with Crippen molar-refractivity contribution in [3.05, 3.63) is 60.2 Å². The van der Waals surface area contributed by atoms with Crippen molar-refractivity contribution in [2.75, 3.05) is 56.0 Å². The van der Waals surface area contributed by atoms with E-state index < -0.39 is 0 Å². The molecule has 186 valence electrons. The summed E-state index contributed by atoms with van der Waals surface area (Å²) in [7, 11) is 0. The van der Waals surface area contributed by atoms with Crippen LogP contribution in [0.3, 0.4) is 0 Å². The molecule has 0 aliphatic carbocycles. The molecule has 2 aromatic rings. The number of amides is 4. The molecule has 0 spiro atoms. The van der Waals surface area contributed by atoms with Crippen LogP contribution < -0.4 is 15.5 Å². The predicted molar refractivity (Wildman–Crippen MR) is 137 cm³/mol. The van der Waals surface area contributed by atoms with E-state index in [0.29, 0.717) is 39.1 Å². The molecule has 4 amide bonds. The maximum atomic E-state index is 12.7. The molecule has 2 heterocycles. The van der Waals surface area contributed by atoms with Crippen molar-refractivity contribution in [2.24, 2.45) is 5.92 Å². The summed E-state index contributed by atoms with van der Waals surface area (Å²) in [6, 6.07) is 17.7. The van der Waals surface area contributed by atoms with E-state index in [1.165, 1.54) is 5.69 Å². The third-order valence-corrected chi connectivity index (χ3v) is 6.74. The second-order valence-corrected chi connectivity index (χ2v) is 9.33. The van der Waals surface area contributed by atoms with E-state index in [4.69, 9.17) is 0 Å². The van der Waals surface area contributed by atoms with Gasteiger partial charge in [0, 0.05) is 63.6 Å². The van der Waals surface area contributed by atoms with Crippen LogP contribution >= 0.6 is 0 Å². The van der Waals surface area contributed by atoms with E-state index in [2.05, 4.69) is 27.7 Å². The highest BCUT2D eigenvalue weighted by molar-refractivity contribution is 5.90. The van der Waals surface area contributed by atoms with Crippen molar-refractivity contribution in [2.45, 2.75) is 26.2 Å². The number of anilines is 2. The van der Waals surface area contributed by atoms with Crippen LogP contribution in [0.1, 0.15) is 24.8 Å². The summed E-state index contributed by atoms with van der Waals surface area (Å²) >= 11 is 0. The van der Waals surface area contributed by atoms with Gasteiger partial charge in [0.25, 0.3) is 0 Å². The Balaban J connectivity index is 1.17. The summed E-state index contributed by atoms with van der Waals surface area (Å²) < 4.78 is 0. The number of carbonyl (C=O) groups excluding carboxylic acids is 3. The van der Waals surface area contributed by atoms with Crippen LogP contribution in [0.5, 0.6) is 0 Å². The van der Waals surface area contributed by atoms with E-state index in [-0.39, 0.29) is 23.8 Å². The number of rotatable bonds is 6. The first-order chi connectivity index (χ1) is 17.0. The Kier molecular flexibility index (Phi) is 8.23. The molecule has 8 nitrogen and oxygen atoms in total. The fraction of sp³-hybridized carbons (Fsp3) is 0.444. The summed E-state index contributed by atoms with van der Waals surface area (Å²) in [5.41, 5.74) is 3.01. The van der Waals surface area contributed by atoms with Crippen LogP contribution in [0.4, 0.5) is 16.2 Å². The molecule has 0 aromatic heterocycles. The molecule has 8 heteroatoms. The van der Waals surface area contributed by atoms with Crippen molar-refractivity contribution < 1.29 is 14.4 Å². The van der Waals surface area contributed by atoms with Gasteiger partial charge in [0.15, 0.2) is 0 Å². The number of hydrogen-bond donors (Lipinski definition) is 2. The standard InChI is InChI=1S/C27H35N5O3/c1-21-7-5-9-23(19-21)29-27(35)32-14-6-8-22(20-32)26(34)28-13-12-25(33)31-17-15-30(16-18-31)24-10-3-2-4-11-24/h2-5,7,9-11,19,22H,6,8,12-18,20H2,1H3,(H,28,34)(H,29,35). The van der Waals surface area contributed by atoms with Gasteiger partial charge in [-0.3, -0.25) is 9.59 Å². The minimum absolute atomic E-state index is 0.0702. The Morgan fingerprint density at radius 1 is 0.914 bits per heavy atom. The molecule has 2 N–H and O–H groups in total. The fourth-order valence-corrected chi connectivity index (χ4v) is 4.75. The molecular weight excluding hydrogens is 442 g/mol. The van der Waals surface area contributed by atoms with Crippen molar-refractivity contribution in [3.8, 4) is 0 Å². The molecule has 1 atom stereocenters. The summed E-state index contributed by atoms with van der Waals surface area (Å²) in [5.74, 6) is -0.267. The molecule has 2 aliphatic rings. The second-order valence-electron chi connectivity index (χ2n) is 9.33. The lowest BCUT2D eigenvalue weighted by molar-refractivity contribution is -0.131. The van der Waals surface area contributed by atoms with Crippen LogP contribution in [0, 0.1) is 12.8 Å². The summed E-state index contributed by atoms with van der Waals surface area (Å²) in [5, 5.41) is 5.84. The molecule has 2 saturated heterocycles. The summed E-state index contributed by atoms with van der Waals surface area (Å²) in [4.78, 5) is 43.9. The van der Waals surface area contributed by atoms with Crippen LogP contribution in [0.15, 0.2) is 54.6 Å². The number of nitrogens with one attached hydrogen (secondary N) is 2. The smallest absolute Gasteiger partial charge is 0.321 e. The third-order valence-electron chi connectivity index (χ3n) is 6.74. The van der Waals surface area contributed by atoms with Crippen molar-refractivity contribution in [1.82, 2.24) is 15.1 Å². The van der Waals surface area contributed by atoms with Crippen LogP contribution in [-0.4, -0.2) is 73.5 Å². The van der Waals surface area contributed by atoms with Gasteiger partial charge in [-0.25, -0.2) is 4.79 Å². The lowest BCUT2D eigenvalue weighted by Gasteiger charge is -2.36. The zero-order valence-corrected chi connectivity index (χ0v) is 20.4. The summed E-state index contributed by atoms with van der Waals surface area (Å²) in [6.07, 6.45) is 1.82. The van der Waals surface area contributed by atoms with E-state index >= 15 is 0 Å². The highest BCUT2D eigenvalue weighted by Gasteiger charge is 2.29. The fourth-order valence-electron chi connectivity index (χ4n) is 4.75. The molecular formula is C27H35N5O3. The van der Waals surface area contributed by atoms with Gasteiger partial charge in [0.05, 0.1) is 5.92 Å². The topological polar surface area (TPSA) is 85.0 Å². The van der Waals surface area contributed by atoms with Gasteiger partial charge < -0.3 is 25.3 Å². The quantitative estimate of drug-likeness (QED) is 0.670. The zero-order valence-electron chi connectivity index (χ0n) is 20.4. The number of likely N-dealkylation sites (tertiary alicyclic amines) is 1. The predicted octanol–water partition coefficient (Wildman–Crippen LogP) is 3.09. The molecule has 35 heavy (non-hydrogen) atoms. The number of piperazine rings is 1. The maximum absolute atomic E-state index is 12.7. The first-order valence-electron chi connectivity index (χ1n) is 12.5. The third kappa shape index (κ3) is 6.74. The van der Waals surface area contributed by atoms with Gasteiger partial charge in [-0.2, -0.15) is 0 Å². The van der Waals surface area contributed by atoms with Crippen molar-refractivity contribution in [1.29, 1.82) is 0 Å². The first-order valence-corrected chi connectivity index (χ1v) is 12.5. The van der Waals surface area contributed by atoms with Gasteiger partial charge in [0.1, 0.15) is 0 Å². The maximum Gasteiger partial charge on any atom is 0.321 e. The largest absolute Gasteiger partial charge is 0.368 e. The average Bonchev–Trinajstić information content (AvgIpc) is 2.89. The number of nitrogens with zero attached hydrogens (tertiary/aromatic N) is 3. The van der Waals surface area contributed by atoms with Gasteiger partial charge in [-0.15, -0.1) is 0 Å². The Labute approximate surface area is 207 Å². The number of carbonyl (C=O) groups is 3. The molecule has 1 unspecified atom stereocenters. The van der Waals surface area contributed by atoms with E-state index in [1.54, 1.807) is 4.90 Å². The molecule has 0 radical (unpaired) electrons. The van der Waals surface area contributed by atoms with E-state index in [0.717, 1.165) is 37.2 Å². The Morgan fingerprint density at radius 3 is 2.43 bits per heavy atom. The Hall–Kier alpha value is -3.55. The first kappa shape index (κ1) is 24.6. The number of benzene rings is 2. The van der Waals surface area contributed by atoms with Gasteiger partial charge in [0.2, 0.25) is 11.8 Å². The second kappa shape index (κ2) is 11.7. The summed E-state index contributed by atoms with van der Waals surface area (Å²) in [6.45, 7) is 6.32. The van der Waals surface area contributed by atoms with Crippen LogP contribution in [0.2, 0.25) is 0 Å². The van der Waals surface area contributed by atoms with E-state index in [1.807, 2.05) is 54.3 Å². The monoisotopic (exact) mass is 477 g/mol. The van der Waals surface area contributed by atoms with Gasteiger partial charge in [-0.05, 0) is 49.6 Å². The molecule has 2 aromatic carbocycles. The van der Waals surface area contributed by atoms with Gasteiger partial charge in [-0.1, -0.05) is 30.3 Å². The van der Waals surface area contributed by atoms with Crippen molar-refractivity contribution in [3.63, 3.8) is 0 Å². The SMILES string of the molecule is Cc1cccc(NC(=O)N2CCCC(C(=O)NCCC(=O)N3CCN(c4ccccc4)CC3)C2)c1. The normalized spacial score (nSPS) is 18.2. The highest BCUT2D eigenvalue weighted by Crippen LogP contribution is 2.19. The number of urea groups is 1. The lowest BCUT2D eigenvalue weighted by atomic mass is 9.97. The minimum Gasteiger partial charge on any atom is -0.368 e. The Bertz CT molecular complexity index is 1020. The number of aryl methyl sites for hydroxylation is 1. The van der Waals surface area contributed by atoms with Crippen LogP contribution in [-0.2, 0) is 9.59 Å². The zero-order chi connectivity index (χ0) is 24.6. The molecule has 0 bridgehead atoms. The lowest BCUT2D eigenvalue weighted by Crippen LogP contribution is -2.50. The van der Waals surface area contributed by atoms with E-state index in [9.17, 15) is 14.4 Å². The van der Waals surface area contributed by atoms with Crippen LogP contribution in [0.25, 0.3) is 0 Å². The average molecular weight is 478 g/mol. The number of hydrogen-bond acceptors (Lipinski definition) is 4.